The van der Waals surface area contributed by atoms with Crippen LogP contribution in [-0.4, -0.2) is 36.4 Å². The molecule has 1 amide bonds. The molecule has 1 aromatic rings. The highest BCUT2D eigenvalue weighted by Crippen LogP contribution is 2.30. The third kappa shape index (κ3) is 3.44. The van der Waals surface area contributed by atoms with Crippen LogP contribution in [0, 0.1) is 5.92 Å². The molecule has 0 bridgehead atoms. The molecule has 2 N–H and O–H groups in total. The molecule has 0 saturated carbocycles. The van der Waals surface area contributed by atoms with E-state index in [9.17, 15) is 9.90 Å². The Hall–Kier alpha value is -1.39. The maximum Gasteiger partial charge on any atom is 0.230 e. The molecule has 3 rings (SSSR count). The first-order valence-electron chi connectivity index (χ1n) is 7.85. The van der Waals surface area contributed by atoms with Crippen LogP contribution in [0.25, 0.3) is 0 Å². The minimum absolute atomic E-state index is 0.0444. The van der Waals surface area contributed by atoms with Crippen LogP contribution in [0.15, 0.2) is 30.3 Å². The molecule has 3 atom stereocenters. The second-order valence-electron chi connectivity index (χ2n) is 6.19. The summed E-state index contributed by atoms with van der Waals surface area (Å²) in [5.74, 6) is 0.124. The number of piperidine rings is 1. The summed E-state index contributed by atoms with van der Waals surface area (Å²) in [6, 6.07) is 9.64. The molecule has 0 aliphatic carbocycles. The van der Waals surface area contributed by atoms with Crippen molar-refractivity contribution in [2.45, 2.75) is 43.7 Å². The van der Waals surface area contributed by atoms with Crippen LogP contribution in [0.2, 0.25) is 0 Å². The fraction of sp³-hybridized carbons (Fsp3) is 0.588. The van der Waals surface area contributed by atoms with Crippen molar-refractivity contribution < 1.29 is 14.6 Å². The summed E-state index contributed by atoms with van der Waals surface area (Å²) in [7, 11) is 0. The number of ether oxygens (including phenoxy) is 1. The van der Waals surface area contributed by atoms with Crippen molar-refractivity contribution in [2.24, 2.45) is 5.92 Å². The van der Waals surface area contributed by atoms with Crippen LogP contribution < -0.4 is 5.32 Å². The average Bonchev–Trinajstić information content (AvgIpc) is 2.49. The van der Waals surface area contributed by atoms with Gasteiger partial charge in [0, 0.05) is 19.3 Å². The van der Waals surface area contributed by atoms with Crippen LogP contribution in [0.4, 0.5) is 0 Å². The minimum atomic E-state index is -0.592. The molecule has 2 fully saturated rings. The molecule has 2 aliphatic heterocycles. The van der Waals surface area contributed by atoms with E-state index in [1.807, 2.05) is 30.3 Å². The Morgan fingerprint density at radius 3 is 2.57 bits per heavy atom. The van der Waals surface area contributed by atoms with E-state index in [0.717, 1.165) is 38.0 Å². The fourth-order valence-corrected chi connectivity index (χ4v) is 3.53. The zero-order chi connectivity index (χ0) is 14.7. The number of carbonyl (C=O) groups is 1. The van der Waals surface area contributed by atoms with Gasteiger partial charge < -0.3 is 15.2 Å². The fourth-order valence-electron chi connectivity index (χ4n) is 3.53. The topological polar surface area (TPSA) is 58.6 Å². The third-order valence-corrected chi connectivity index (χ3v) is 4.66. The lowest BCUT2D eigenvalue weighted by molar-refractivity contribution is -0.129. The Bertz CT molecular complexity index is 470. The van der Waals surface area contributed by atoms with Gasteiger partial charge in [0.2, 0.25) is 5.91 Å². The van der Waals surface area contributed by atoms with E-state index in [1.165, 1.54) is 0 Å². The third-order valence-electron chi connectivity index (χ3n) is 4.66. The van der Waals surface area contributed by atoms with E-state index in [0.29, 0.717) is 12.3 Å². The van der Waals surface area contributed by atoms with Crippen LogP contribution in [-0.2, 0) is 9.53 Å². The summed E-state index contributed by atoms with van der Waals surface area (Å²) >= 11 is 0. The molecule has 3 unspecified atom stereocenters. The van der Waals surface area contributed by atoms with Gasteiger partial charge >= 0.3 is 0 Å². The number of nitrogens with one attached hydrogen (secondary N) is 1. The molecule has 2 heterocycles. The molecule has 0 radical (unpaired) electrons. The summed E-state index contributed by atoms with van der Waals surface area (Å²) < 4.78 is 5.37. The van der Waals surface area contributed by atoms with E-state index in [1.54, 1.807) is 0 Å². The van der Waals surface area contributed by atoms with E-state index >= 15 is 0 Å². The molecular formula is C17H23NO3. The van der Waals surface area contributed by atoms with Crippen LogP contribution in [0.1, 0.15) is 37.2 Å². The van der Waals surface area contributed by atoms with Crippen LogP contribution >= 0.6 is 0 Å². The van der Waals surface area contributed by atoms with Gasteiger partial charge in [-0.15, -0.1) is 0 Å². The van der Waals surface area contributed by atoms with E-state index in [2.05, 4.69) is 5.32 Å². The van der Waals surface area contributed by atoms with Crippen molar-refractivity contribution in [1.29, 1.82) is 0 Å². The highest BCUT2D eigenvalue weighted by molar-refractivity contribution is 5.85. The number of amides is 1. The first-order valence-corrected chi connectivity index (χ1v) is 7.85. The summed E-state index contributed by atoms with van der Waals surface area (Å²) in [6.45, 7) is 1.64. The first kappa shape index (κ1) is 14.5. The molecule has 4 heteroatoms. The van der Waals surface area contributed by atoms with Gasteiger partial charge in [0.05, 0.1) is 12.0 Å². The van der Waals surface area contributed by atoms with Crippen molar-refractivity contribution in [3.63, 3.8) is 0 Å². The monoisotopic (exact) mass is 289 g/mol. The SMILES string of the molecule is O=C1NC(CC2CCOCC2)CC(O)C1c1ccccc1. The second-order valence-corrected chi connectivity index (χ2v) is 6.19. The highest BCUT2D eigenvalue weighted by atomic mass is 16.5. The normalized spacial score (nSPS) is 30.9. The van der Waals surface area contributed by atoms with Crippen molar-refractivity contribution in [3.8, 4) is 0 Å². The lowest BCUT2D eigenvalue weighted by atomic mass is 9.81. The Morgan fingerprint density at radius 2 is 1.90 bits per heavy atom. The molecule has 1 aromatic carbocycles. The minimum Gasteiger partial charge on any atom is -0.392 e. The largest absolute Gasteiger partial charge is 0.392 e. The molecule has 0 spiro atoms. The van der Waals surface area contributed by atoms with Crippen molar-refractivity contribution in [3.05, 3.63) is 35.9 Å². The van der Waals surface area contributed by atoms with Crippen LogP contribution in [0.5, 0.6) is 0 Å². The van der Waals surface area contributed by atoms with Gasteiger partial charge in [0.15, 0.2) is 0 Å². The summed E-state index contributed by atoms with van der Waals surface area (Å²) in [6.07, 6.45) is 3.12. The number of carbonyl (C=O) groups excluding carboxylic acids is 1. The number of benzene rings is 1. The lowest BCUT2D eigenvalue weighted by Crippen LogP contribution is -2.50. The Morgan fingerprint density at radius 1 is 1.19 bits per heavy atom. The second kappa shape index (κ2) is 6.58. The highest BCUT2D eigenvalue weighted by Gasteiger charge is 2.37. The molecular weight excluding hydrogens is 266 g/mol. The van der Waals surface area contributed by atoms with Gasteiger partial charge in [-0.3, -0.25) is 4.79 Å². The van der Waals surface area contributed by atoms with Gasteiger partial charge in [-0.2, -0.15) is 0 Å². The van der Waals surface area contributed by atoms with Crippen molar-refractivity contribution in [2.75, 3.05) is 13.2 Å². The van der Waals surface area contributed by atoms with Gasteiger partial charge in [0.25, 0.3) is 0 Å². The molecule has 2 aliphatic rings. The standard InChI is InChI=1S/C17H23NO3/c19-15-11-14(10-12-6-8-21-9-7-12)18-17(20)16(15)13-4-2-1-3-5-13/h1-5,12,14-16,19H,6-11H2,(H,18,20). The lowest BCUT2D eigenvalue weighted by Gasteiger charge is -2.36. The number of hydrogen-bond acceptors (Lipinski definition) is 3. The van der Waals surface area contributed by atoms with E-state index in [4.69, 9.17) is 4.74 Å². The van der Waals surface area contributed by atoms with Crippen molar-refractivity contribution >= 4 is 5.91 Å². The molecule has 114 valence electrons. The summed E-state index contributed by atoms with van der Waals surface area (Å²) in [5.41, 5.74) is 0.895. The van der Waals surface area contributed by atoms with Gasteiger partial charge in [-0.25, -0.2) is 0 Å². The predicted molar refractivity (Wildman–Crippen MR) is 79.9 cm³/mol. The quantitative estimate of drug-likeness (QED) is 0.892. The summed E-state index contributed by atoms with van der Waals surface area (Å²) in [4.78, 5) is 12.4. The number of rotatable bonds is 3. The predicted octanol–water partition coefficient (Wildman–Crippen LogP) is 1.84. The van der Waals surface area contributed by atoms with Gasteiger partial charge in [0.1, 0.15) is 0 Å². The van der Waals surface area contributed by atoms with E-state index < -0.39 is 12.0 Å². The Balaban J connectivity index is 1.62. The van der Waals surface area contributed by atoms with Gasteiger partial charge in [-0.1, -0.05) is 30.3 Å². The molecule has 4 nitrogen and oxygen atoms in total. The zero-order valence-corrected chi connectivity index (χ0v) is 12.2. The Labute approximate surface area is 125 Å². The average molecular weight is 289 g/mol. The Kier molecular flexibility index (Phi) is 4.56. The first-order chi connectivity index (χ1) is 10.2. The number of aliphatic hydroxyl groups excluding tert-OH is 1. The molecule has 21 heavy (non-hydrogen) atoms. The number of hydrogen-bond donors (Lipinski definition) is 2. The number of aliphatic hydroxyl groups is 1. The van der Waals surface area contributed by atoms with E-state index in [-0.39, 0.29) is 11.9 Å². The smallest absolute Gasteiger partial charge is 0.230 e. The maximum atomic E-state index is 12.4. The molecule has 0 aromatic heterocycles. The maximum absolute atomic E-state index is 12.4. The molecule has 2 saturated heterocycles. The van der Waals surface area contributed by atoms with Crippen LogP contribution in [0.3, 0.4) is 0 Å². The zero-order valence-electron chi connectivity index (χ0n) is 12.2. The summed E-state index contributed by atoms with van der Waals surface area (Å²) in [5, 5.41) is 13.5. The van der Waals surface area contributed by atoms with Gasteiger partial charge in [-0.05, 0) is 37.2 Å². The van der Waals surface area contributed by atoms with Crippen molar-refractivity contribution in [1.82, 2.24) is 5.32 Å².